The largest absolute Gasteiger partial charge is 0.0999 e. The molecule has 9 atom stereocenters. The molecule has 0 aromatic rings. The van der Waals surface area contributed by atoms with E-state index in [2.05, 4.69) is 147 Å². The van der Waals surface area contributed by atoms with Gasteiger partial charge in [-0.2, -0.15) is 0 Å². The second kappa shape index (κ2) is 21.7. The van der Waals surface area contributed by atoms with Crippen molar-refractivity contribution < 1.29 is 0 Å². The van der Waals surface area contributed by atoms with Gasteiger partial charge in [0.05, 0.1) is 0 Å². The van der Waals surface area contributed by atoms with E-state index in [0.29, 0.717) is 27.1 Å². The van der Waals surface area contributed by atoms with E-state index in [4.69, 9.17) is 0 Å². The molecular weight excluding hydrogens is 721 g/mol. The van der Waals surface area contributed by atoms with Crippen molar-refractivity contribution in [2.24, 2.45) is 56.7 Å². The quantitative estimate of drug-likeness (QED) is 0.107. The molecule has 0 aromatic heterocycles. The lowest BCUT2D eigenvalue weighted by Crippen LogP contribution is -2.65. The number of hydrogen-bond donors (Lipinski definition) is 0. The SMILES string of the molecule is C=C(C)[C@H]1CC[C@]2(C)[C@H]3CC[C@@H]4[C@@]5(C)CCCC(C)(C)[C@@H]5CC[C@@]4(C)[C@]3(C)CC[C@@H]12.CC(C)=CCC/C(C)=C/CC/C(C)=C/CC/C=C(\C)CC/C=C(\C)CCC=C(C)C. The minimum absolute atomic E-state index is 0.542. The van der Waals surface area contributed by atoms with Crippen molar-refractivity contribution in [1.82, 2.24) is 0 Å². The molecule has 0 saturated heterocycles. The Hall–Kier alpha value is -1.82. The topological polar surface area (TPSA) is 0 Å². The van der Waals surface area contributed by atoms with Gasteiger partial charge in [0.2, 0.25) is 0 Å². The molecule has 60 heavy (non-hydrogen) atoms. The molecule has 0 bridgehead atoms. The van der Waals surface area contributed by atoms with Crippen LogP contribution in [0.2, 0.25) is 0 Å². The first-order chi connectivity index (χ1) is 28.1. The van der Waals surface area contributed by atoms with Gasteiger partial charge in [0.15, 0.2) is 0 Å². The third kappa shape index (κ3) is 12.0. The first-order valence-corrected chi connectivity index (χ1v) is 25.7. The van der Waals surface area contributed by atoms with E-state index < -0.39 is 0 Å². The molecule has 0 heteroatoms. The fourth-order valence-corrected chi connectivity index (χ4v) is 15.2. The Morgan fingerprint density at radius 3 is 1.30 bits per heavy atom. The second-order valence-electron chi connectivity index (χ2n) is 24.1. The Balaban J connectivity index is 0.000000265. The van der Waals surface area contributed by atoms with Crippen molar-refractivity contribution in [3.05, 3.63) is 82.0 Å². The molecule has 0 amide bonds. The lowest BCUT2D eigenvalue weighted by Gasteiger charge is -2.73. The van der Waals surface area contributed by atoms with Crippen LogP contribution in [0.25, 0.3) is 0 Å². The number of rotatable bonds is 16. The smallest absolute Gasteiger partial charge is 0.0175 e. The average molecular weight is 821 g/mol. The zero-order chi connectivity index (χ0) is 44.5. The Morgan fingerprint density at radius 1 is 0.433 bits per heavy atom. The van der Waals surface area contributed by atoms with Crippen LogP contribution >= 0.6 is 0 Å². The summed E-state index contributed by atoms with van der Waals surface area (Å²) >= 11 is 0. The van der Waals surface area contributed by atoms with Crippen LogP contribution < -0.4 is 0 Å². The third-order valence-corrected chi connectivity index (χ3v) is 18.7. The number of unbranched alkanes of at least 4 members (excludes halogenated alkanes) is 1. The van der Waals surface area contributed by atoms with Gasteiger partial charge in [-0.3, -0.25) is 0 Å². The standard InChI is InChI=1S/2C30H50/c1-20(2)21-12-17-27(5)22(21)13-18-29(7)24(27)10-11-25-28(6)16-9-15-26(3,4)23(28)14-19-30(25,29)8;1-25(2)15-11-19-29(7)23-13-21-27(5)17-9-10-18-28(6)22-14-24-30(8)20-12-16-26(3)4/h21-25H,1,9-19H2,2-8H3;15-18,23-24H,9-14,19-22H2,1-8H3/b;27-17+,28-18+,29-23+,30-24+/t21-,22+,23+,24-,25-,27+,28+,29-,30-;/m1./s1. The molecule has 0 aromatic carbocycles. The Labute approximate surface area is 375 Å². The van der Waals surface area contributed by atoms with Crippen molar-refractivity contribution in [3.8, 4) is 0 Å². The van der Waals surface area contributed by atoms with Gasteiger partial charge in [0.1, 0.15) is 0 Å². The van der Waals surface area contributed by atoms with Gasteiger partial charge in [-0.15, -0.1) is 0 Å². The molecule has 5 aliphatic rings. The highest BCUT2D eigenvalue weighted by Gasteiger charge is 2.70. The van der Waals surface area contributed by atoms with E-state index in [-0.39, 0.29) is 0 Å². The van der Waals surface area contributed by atoms with Gasteiger partial charge in [-0.25, -0.2) is 0 Å². The van der Waals surface area contributed by atoms with Crippen LogP contribution in [-0.2, 0) is 0 Å². The summed E-state index contributed by atoms with van der Waals surface area (Å²) in [5, 5.41) is 0. The molecule has 0 aliphatic heterocycles. The third-order valence-electron chi connectivity index (χ3n) is 18.7. The van der Waals surface area contributed by atoms with E-state index in [0.717, 1.165) is 29.6 Å². The van der Waals surface area contributed by atoms with E-state index in [1.165, 1.54) is 174 Å². The molecule has 0 N–H and O–H groups in total. The molecular formula is C60H100. The summed E-state index contributed by atoms with van der Waals surface area (Å²) in [5.74, 6) is 4.54. The maximum atomic E-state index is 4.43. The summed E-state index contributed by atoms with van der Waals surface area (Å²) < 4.78 is 0. The zero-order valence-electron chi connectivity index (χ0n) is 42.9. The predicted octanol–water partition coefficient (Wildman–Crippen LogP) is 19.7. The van der Waals surface area contributed by atoms with Gasteiger partial charge in [0, 0.05) is 0 Å². The van der Waals surface area contributed by atoms with Crippen molar-refractivity contribution in [1.29, 1.82) is 0 Å². The highest BCUT2D eigenvalue weighted by molar-refractivity contribution is 5.21. The summed E-state index contributed by atoms with van der Waals surface area (Å²) in [6.45, 7) is 40.8. The molecule has 5 saturated carbocycles. The van der Waals surface area contributed by atoms with E-state index >= 15 is 0 Å². The first kappa shape index (κ1) is 50.8. The number of hydrogen-bond acceptors (Lipinski definition) is 0. The summed E-state index contributed by atoms with van der Waals surface area (Å²) in [4.78, 5) is 0. The number of fused-ring (bicyclic) bond motifs is 7. The van der Waals surface area contributed by atoms with E-state index in [1.54, 1.807) is 0 Å². The summed E-state index contributed by atoms with van der Waals surface area (Å²) in [6, 6.07) is 0. The maximum absolute atomic E-state index is 4.43. The van der Waals surface area contributed by atoms with Crippen molar-refractivity contribution in [2.45, 2.75) is 239 Å². The highest BCUT2D eigenvalue weighted by Crippen LogP contribution is 2.78. The molecule has 5 aliphatic carbocycles. The minimum atomic E-state index is 0.542. The fraction of sp³-hybridized carbons (Fsp3) is 0.767. The Bertz CT molecular complexity index is 1550. The normalized spacial score (nSPS) is 35.2. The molecule has 0 heterocycles. The van der Waals surface area contributed by atoms with Crippen molar-refractivity contribution in [2.75, 3.05) is 0 Å². The summed E-state index contributed by atoms with van der Waals surface area (Å²) in [5.41, 5.74) is 13.2. The molecule has 0 radical (unpaired) electrons. The first-order valence-electron chi connectivity index (χ1n) is 25.7. The fourth-order valence-electron chi connectivity index (χ4n) is 15.2. The molecule has 0 unspecified atom stereocenters. The number of allylic oxidation sites excluding steroid dienone is 13. The average Bonchev–Trinajstić information content (AvgIpc) is 3.50. The van der Waals surface area contributed by atoms with Crippen LogP contribution in [0, 0.1) is 56.7 Å². The molecule has 0 spiro atoms. The van der Waals surface area contributed by atoms with E-state index in [9.17, 15) is 0 Å². The summed E-state index contributed by atoms with van der Waals surface area (Å²) in [7, 11) is 0. The van der Waals surface area contributed by atoms with Gasteiger partial charge >= 0.3 is 0 Å². The molecule has 5 fully saturated rings. The van der Waals surface area contributed by atoms with Crippen LogP contribution in [0.1, 0.15) is 239 Å². The Kier molecular flexibility index (Phi) is 18.4. The molecule has 5 rings (SSSR count). The van der Waals surface area contributed by atoms with Crippen LogP contribution in [0.3, 0.4) is 0 Å². The predicted molar refractivity (Wildman–Crippen MR) is 269 cm³/mol. The van der Waals surface area contributed by atoms with Gasteiger partial charge in [-0.05, 0) is 247 Å². The van der Waals surface area contributed by atoms with E-state index in [1.807, 2.05) is 0 Å². The van der Waals surface area contributed by atoms with Gasteiger partial charge in [0.25, 0.3) is 0 Å². The van der Waals surface area contributed by atoms with Crippen LogP contribution in [0.15, 0.2) is 82.0 Å². The van der Waals surface area contributed by atoms with Crippen molar-refractivity contribution in [3.63, 3.8) is 0 Å². The second-order valence-corrected chi connectivity index (χ2v) is 24.1. The van der Waals surface area contributed by atoms with Crippen LogP contribution in [0.4, 0.5) is 0 Å². The zero-order valence-corrected chi connectivity index (χ0v) is 42.9. The summed E-state index contributed by atoms with van der Waals surface area (Å²) in [6.07, 6.45) is 42.5. The minimum Gasteiger partial charge on any atom is -0.0999 e. The molecule has 0 nitrogen and oxygen atoms in total. The molecule has 340 valence electrons. The van der Waals surface area contributed by atoms with Crippen molar-refractivity contribution >= 4 is 0 Å². The van der Waals surface area contributed by atoms with Gasteiger partial charge < -0.3 is 0 Å². The van der Waals surface area contributed by atoms with Crippen LogP contribution in [0.5, 0.6) is 0 Å². The maximum Gasteiger partial charge on any atom is -0.0175 e. The lowest BCUT2D eigenvalue weighted by molar-refractivity contribution is -0.240. The lowest BCUT2D eigenvalue weighted by atomic mass is 9.32. The monoisotopic (exact) mass is 821 g/mol. The Morgan fingerprint density at radius 2 is 0.850 bits per heavy atom. The van der Waals surface area contributed by atoms with Crippen LogP contribution in [-0.4, -0.2) is 0 Å². The van der Waals surface area contributed by atoms with Gasteiger partial charge in [-0.1, -0.05) is 130 Å². The highest BCUT2D eigenvalue weighted by atomic mass is 14.7.